The van der Waals surface area contributed by atoms with E-state index in [0.29, 0.717) is 0 Å². The van der Waals surface area contributed by atoms with Crippen molar-refractivity contribution >= 4 is 0 Å². The second-order valence-electron chi connectivity index (χ2n) is 3.21. The van der Waals surface area contributed by atoms with Crippen molar-refractivity contribution in [2.24, 2.45) is 5.92 Å². The van der Waals surface area contributed by atoms with Crippen LogP contribution in [0.1, 0.15) is 39.5 Å². The summed E-state index contributed by atoms with van der Waals surface area (Å²) in [4.78, 5) is 0. The molecular weight excluding hydrogens is 120 g/mol. The summed E-state index contributed by atoms with van der Waals surface area (Å²) in [5.41, 5.74) is 4.85. The first-order valence-corrected chi connectivity index (χ1v) is 4.25. The monoisotopic (exact) mass is 136 g/mol. The van der Waals surface area contributed by atoms with Crippen molar-refractivity contribution in [1.29, 1.82) is 0 Å². The summed E-state index contributed by atoms with van der Waals surface area (Å²) in [6.07, 6.45) is 7.23. The van der Waals surface area contributed by atoms with E-state index < -0.39 is 0 Å². The molecule has 0 saturated carbocycles. The van der Waals surface area contributed by atoms with Gasteiger partial charge in [-0.05, 0) is 36.8 Å². The second-order valence-corrected chi connectivity index (χ2v) is 3.21. The number of rotatable bonds is 3. The van der Waals surface area contributed by atoms with Crippen LogP contribution in [0.4, 0.5) is 0 Å². The van der Waals surface area contributed by atoms with E-state index in [2.05, 4.69) is 25.7 Å². The fourth-order valence-electron chi connectivity index (χ4n) is 1.26. The molecule has 0 heteroatoms. The largest absolute Gasteiger partial charge is 0.126 e. The molecule has 1 atom stereocenters. The fraction of sp³-hybridized carbons (Fsp3) is 0.700. The first kappa shape index (κ1) is 7.63. The van der Waals surface area contributed by atoms with Crippen LogP contribution in [0.25, 0.3) is 0 Å². The van der Waals surface area contributed by atoms with E-state index >= 15 is 0 Å². The Bertz CT molecular complexity index is 159. The smallest absolute Gasteiger partial charge is 0.0203 e. The lowest BCUT2D eigenvalue weighted by Crippen LogP contribution is -1.92. The summed E-state index contributed by atoms with van der Waals surface area (Å²) in [6.45, 7) is 4.57. The lowest BCUT2D eigenvalue weighted by atomic mass is 9.99. The molecule has 1 rings (SSSR count). The number of hydrogen-bond acceptors (Lipinski definition) is 0. The summed E-state index contributed by atoms with van der Waals surface area (Å²) in [7, 11) is 0. The Morgan fingerprint density at radius 3 is 3.00 bits per heavy atom. The molecule has 0 spiro atoms. The van der Waals surface area contributed by atoms with Gasteiger partial charge in [-0.3, -0.25) is 0 Å². The Morgan fingerprint density at radius 2 is 2.50 bits per heavy atom. The van der Waals surface area contributed by atoms with E-state index in [-0.39, 0.29) is 0 Å². The highest BCUT2D eigenvalue weighted by atomic mass is 14.1. The first-order chi connectivity index (χ1) is 4.83. The highest BCUT2D eigenvalue weighted by Crippen LogP contribution is 2.20. The lowest BCUT2D eigenvalue weighted by Gasteiger charge is -2.06. The molecule has 0 aromatic rings. The molecule has 1 unspecified atom stereocenters. The minimum Gasteiger partial charge on any atom is -0.126 e. The van der Waals surface area contributed by atoms with Crippen LogP contribution >= 0.6 is 0 Å². The van der Waals surface area contributed by atoms with Gasteiger partial charge in [0.2, 0.25) is 0 Å². The molecule has 0 saturated heterocycles. The summed E-state index contributed by atoms with van der Waals surface area (Å²) >= 11 is 0. The van der Waals surface area contributed by atoms with Crippen molar-refractivity contribution in [1.82, 2.24) is 0 Å². The van der Waals surface area contributed by atoms with Gasteiger partial charge in [0.1, 0.15) is 0 Å². The predicted molar refractivity (Wildman–Crippen MR) is 44.9 cm³/mol. The van der Waals surface area contributed by atoms with E-state index in [1.807, 2.05) is 0 Å². The van der Waals surface area contributed by atoms with Crippen molar-refractivity contribution in [2.75, 3.05) is 0 Å². The van der Waals surface area contributed by atoms with Gasteiger partial charge in [-0.1, -0.05) is 20.3 Å². The van der Waals surface area contributed by atoms with Crippen LogP contribution in [0.2, 0.25) is 0 Å². The third kappa shape index (κ3) is 2.04. The first-order valence-electron chi connectivity index (χ1n) is 4.25. The highest BCUT2D eigenvalue weighted by Gasteiger charge is 2.04. The summed E-state index contributed by atoms with van der Waals surface area (Å²) in [6, 6.07) is 0. The van der Waals surface area contributed by atoms with Gasteiger partial charge in [-0.25, -0.2) is 0 Å². The van der Waals surface area contributed by atoms with Crippen molar-refractivity contribution in [2.45, 2.75) is 39.5 Å². The molecule has 0 heterocycles. The molecule has 1 aliphatic rings. The minimum absolute atomic E-state index is 0.856. The van der Waals surface area contributed by atoms with Crippen molar-refractivity contribution in [3.63, 3.8) is 0 Å². The van der Waals surface area contributed by atoms with Crippen LogP contribution in [-0.4, -0.2) is 0 Å². The molecule has 0 nitrogen and oxygen atoms in total. The summed E-state index contributed by atoms with van der Waals surface area (Å²) in [5.74, 6) is 0.856. The Labute approximate surface area is 63.6 Å². The Hall–Kier alpha value is -0.480. The molecule has 10 heavy (non-hydrogen) atoms. The van der Waals surface area contributed by atoms with Crippen LogP contribution in [-0.2, 0) is 0 Å². The minimum atomic E-state index is 0.856. The van der Waals surface area contributed by atoms with Crippen LogP contribution in [0, 0.1) is 5.92 Å². The molecule has 0 bridgehead atoms. The van der Waals surface area contributed by atoms with Crippen LogP contribution < -0.4 is 0 Å². The third-order valence-corrected chi connectivity index (χ3v) is 2.19. The molecule has 1 aliphatic carbocycles. The Kier molecular flexibility index (Phi) is 2.77. The Balaban J connectivity index is 2.31. The third-order valence-electron chi connectivity index (χ3n) is 2.19. The molecule has 0 N–H and O–H groups in total. The lowest BCUT2D eigenvalue weighted by molar-refractivity contribution is 0.550. The standard InChI is InChI=1S/C10H16/c1-3-9(2)8-10-6-4-5-7-10/h4,9H,3,5,7-8H2,1-2H3. The predicted octanol–water partition coefficient (Wildman–Crippen LogP) is 3.30. The highest BCUT2D eigenvalue weighted by molar-refractivity contribution is 5.09. The SMILES string of the molecule is CCC(C)CC1=C=CCC1. The van der Waals surface area contributed by atoms with Gasteiger partial charge < -0.3 is 0 Å². The Morgan fingerprint density at radius 1 is 1.70 bits per heavy atom. The average Bonchev–Trinajstić information content (AvgIpc) is 2.40. The number of hydrogen-bond donors (Lipinski definition) is 0. The van der Waals surface area contributed by atoms with Gasteiger partial charge in [0.15, 0.2) is 0 Å². The maximum Gasteiger partial charge on any atom is -0.0203 e. The van der Waals surface area contributed by atoms with Crippen LogP contribution in [0.15, 0.2) is 17.4 Å². The molecule has 0 amide bonds. The zero-order valence-corrected chi connectivity index (χ0v) is 6.98. The van der Waals surface area contributed by atoms with Gasteiger partial charge in [0, 0.05) is 0 Å². The van der Waals surface area contributed by atoms with E-state index in [1.54, 1.807) is 0 Å². The maximum atomic E-state index is 3.31. The molecule has 0 aromatic carbocycles. The maximum absolute atomic E-state index is 3.31. The molecule has 0 aliphatic heterocycles. The van der Waals surface area contributed by atoms with Crippen molar-refractivity contribution in [3.05, 3.63) is 17.4 Å². The van der Waals surface area contributed by atoms with Gasteiger partial charge in [-0.2, -0.15) is 0 Å². The van der Waals surface area contributed by atoms with Gasteiger partial charge in [0.25, 0.3) is 0 Å². The van der Waals surface area contributed by atoms with E-state index in [0.717, 1.165) is 5.92 Å². The zero-order valence-electron chi connectivity index (χ0n) is 6.98. The molecular formula is C10H16. The second kappa shape index (κ2) is 3.63. The topological polar surface area (TPSA) is 0 Å². The fourth-order valence-corrected chi connectivity index (χ4v) is 1.26. The van der Waals surface area contributed by atoms with Gasteiger partial charge >= 0.3 is 0 Å². The molecule has 0 aromatic heterocycles. The van der Waals surface area contributed by atoms with Gasteiger partial charge in [-0.15, -0.1) is 5.73 Å². The average molecular weight is 136 g/mol. The number of allylic oxidation sites excluding steroid dienone is 1. The van der Waals surface area contributed by atoms with E-state index in [1.165, 1.54) is 31.3 Å². The normalized spacial score (nSPS) is 19.2. The van der Waals surface area contributed by atoms with Crippen LogP contribution in [0.5, 0.6) is 0 Å². The van der Waals surface area contributed by atoms with Crippen LogP contribution in [0.3, 0.4) is 0 Å². The zero-order chi connectivity index (χ0) is 7.40. The quantitative estimate of drug-likeness (QED) is 0.522. The van der Waals surface area contributed by atoms with E-state index in [4.69, 9.17) is 0 Å². The van der Waals surface area contributed by atoms with Crippen molar-refractivity contribution in [3.8, 4) is 0 Å². The summed E-state index contributed by atoms with van der Waals surface area (Å²) in [5, 5.41) is 0. The summed E-state index contributed by atoms with van der Waals surface area (Å²) < 4.78 is 0. The van der Waals surface area contributed by atoms with Crippen molar-refractivity contribution < 1.29 is 0 Å². The molecule has 56 valence electrons. The molecule has 0 fully saturated rings. The van der Waals surface area contributed by atoms with Gasteiger partial charge in [0.05, 0.1) is 0 Å². The van der Waals surface area contributed by atoms with E-state index in [9.17, 15) is 0 Å². The molecule has 0 radical (unpaired) electrons.